The normalized spacial score (nSPS) is 26.1. The van der Waals surface area contributed by atoms with E-state index in [4.69, 9.17) is 9.73 Å². The van der Waals surface area contributed by atoms with Crippen molar-refractivity contribution in [3.63, 3.8) is 0 Å². The van der Waals surface area contributed by atoms with Crippen LogP contribution >= 0.6 is 0 Å². The minimum atomic E-state index is -0.473. The van der Waals surface area contributed by atoms with E-state index in [1.165, 1.54) is 0 Å². The molecule has 0 bridgehead atoms. The summed E-state index contributed by atoms with van der Waals surface area (Å²) >= 11 is 0. The summed E-state index contributed by atoms with van der Waals surface area (Å²) in [5.41, 5.74) is 1.80. The molecule has 8 heteroatoms. The number of rotatable bonds is 4. The second-order valence-electron chi connectivity index (χ2n) is 7.84. The van der Waals surface area contributed by atoms with Gasteiger partial charge in [0.2, 0.25) is 0 Å². The second-order valence-corrected chi connectivity index (χ2v) is 7.84. The molecule has 150 valence electrons. The number of ether oxygens (including phenoxy) is 1. The molecule has 4 heterocycles. The molecule has 2 unspecified atom stereocenters. The average molecular weight is 384 g/mol. The van der Waals surface area contributed by atoms with Gasteiger partial charge in [-0.25, -0.2) is 15.0 Å². The first-order valence-electron chi connectivity index (χ1n) is 9.90. The highest BCUT2D eigenvalue weighted by atomic mass is 16.5. The van der Waals surface area contributed by atoms with Crippen LogP contribution in [0.4, 0.5) is 5.82 Å². The number of H-pyrrole nitrogens is 1. The lowest BCUT2D eigenvalue weighted by Gasteiger charge is -2.51. The average Bonchev–Trinajstić information content (AvgIpc) is 3.15. The molecule has 2 aliphatic heterocycles. The molecular formula is C20H29N7O. The van der Waals surface area contributed by atoms with Gasteiger partial charge in [-0.15, -0.1) is 0 Å². The quantitative estimate of drug-likeness (QED) is 0.845. The number of pyridine rings is 1. The highest BCUT2D eigenvalue weighted by Crippen LogP contribution is 2.31. The van der Waals surface area contributed by atoms with Crippen molar-refractivity contribution >= 4 is 22.7 Å². The van der Waals surface area contributed by atoms with Crippen LogP contribution in [0.5, 0.6) is 0 Å². The first kappa shape index (κ1) is 18.9. The van der Waals surface area contributed by atoms with E-state index in [2.05, 4.69) is 57.0 Å². The van der Waals surface area contributed by atoms with Crippen LogP contribution in [0.1, 0.15) is 33.6 Å². The number of methoxy groups -OCH3 is 1. The topological polar surface area (TPSA) is 81.7 Å². The summed E-state index contributed by atoms with van der Waals surface area (Å²) in [4.78, 5) is 21.7. The van der Waals surface area contributed by atoms with Gasteiger partial charge in [0.1, 0.15) is 11.7 Å². The third-order valence-corrected chi connectivity index (χ3v) is 5.64. The van der Waals surface area contributed by atoms with Crippen molar-refractivity contribution in [2.75, 3.05) is 25.5 Å². The molecule has 2 atom stereocenters. The summed E-state index contributed by atoms with van der Waals surface area (Å²) in [6, 6.07) is 2.25. The lowest BCUT2D eigenvalue weighted by molar-refractivity contribution is -0.0759. The van der Waals surface area contributed by atoms with Gasteiger partial charge in [0, 0.05) is 38.5 Å². The lowest BCUT2D eigenvalue weighted by atomic mass is 10.0. The zero-order valence-corrected chi connectivity index (χ0v) is 17.0. The van der Waals surface area contributed by atoms with E-state index in [0.29, 0.717) is 6.04 Å². The van der Waals surface area contributed by atoms with Gasteiger partial charge in [0.15, 0.2) is 5.79 Å². The van der Waals surface area contributed by atoms with Crippen molar-refractivity contribution in [2.45, 2.75) is 51.5 Å². The predicted octanol–water partition coefficient (Wildman–Crippen LogP) is 2.79. The van der Waals surface area contributed by atoms with E-state index >= 15 is 0 Å². The van der Waals surface area contributed by atoms with Crippen LogP contribution in [-0.4, -0.2) is 68.7 Å². The number of nitrogens with one attached hydrogen (secondary N) is 2. The summed E-state index contributed by atoms with van der Waals surface area (Å²) < 4.78 is 5.65. The van der Waals surface area contributed by atoms with Gasteiger partial charge in [-0.2, -0.15) is 0 Å². The largest absolute Gasteiger partial charge is 0.380 e. The molecule has 2 aromatic rings. The first-order valence-corrected chi connectivity index (χ1v) is 9.90. The SMILES string of the molecule is COC1CCCN(C2(C)N=C(Nc3cc4nc[nH]c4cn3)C=CN2C(C)C)C1. The van der Waals surface area contributed by atoms with Gasteiger partial charge in [-0.3, -0.25) is 4.90 Å². The molecule has 1 saturated heterocycles. The maximum absolute atomic E-state index is 5.65. The number of amidine groups is 1. The van der Waals surface area contributed by atoms with Gasteiger partial charge >= 0.3 is 0 Å². The Morgan fingerprint density at radius 1 is 1.36 bits per heavy atom. The molecule has 2 N–H and O–H groups in total. The number of piperidine rings is 1. The van der Waals surface area contributed by atoms with Gasteiger partial charge in [-0.1, -0.05) is 0 Å². The number of nitrogens with zero attached hydrogens (tertiary/aromatic N) is 5. The number of likely N-dealkylation sites (tertiary alicyclic amines) is 1. The summed E-state index contributed by atoms with van der Waals surface area (Å²) in [5, 5.41) is 3.36. The predicted molar refractivity (Wildman–Crippen MR) is 111 cm³/mol. The Hall–Kier alpha value is -2.45. The zero-order valence-electron chi connectivity index (χ0n) is 17.0. The van der Waals surface area contributed by atoms with E-state index in [9.17, 15) is 0 Å². The number of imidazole rings is 1. The standard InChI is InChI=1S/C20H29N7O/c1-14(2)27-9-7-18(24-19-10-16-17(11-21-19)23-13-22-16)25-20(27,3)26-8-5-6-15(12-26)28-4/h7,9-11,13-15H,5-6,8,12H2,1-4H3,(H,22,23)(H,21,24,25). The van der Waals surface area contributed by atoms with Crippen LogP contribution in [0, 0.1) is 0 Å². The summed E-state index contributed by atoms with van der Waals surface area (Å²) in [6.07, 6.45) is 10.1. The molecule has 0 saturated carbocycles. The molecule has 28 heavy (non-hydrogen) atoms. The van der Waals surface area contributed by atoms with Crippen LogP contribution in [0.25, 0.3) is 11.0 Å². The van der Waals surface area contributed by atoms with Crippen LogP contribution in [-0.2, 0) is 4.74 Å². The minimum absolute atomic E-state index is 0.251. The van der Waals surface area contributed by atoms with Gasteiger partial charge in [-0.05, 0) is 39.7 Å². The summed E-state index contributed by atoms with van der Waals surface area (Å²) in [6.45, 7) is 8.45. The van der Waals surface area contributed by atoms with Crippen LogP contribution in [0.15, 0.2) is 35.9 Å². The third kappa shape index (κ3) is 3.49. The number of fused-ring (bicyclic) bond motifs is 1. The molecule has 0 spiro atoms. The van der Waals surface area contributed by atoms with Crippen LogP contribution < -0.4 is 5.32 Å². The van der Waals surface area contributed by atoms with Gasteiger partial charge < -0.3 is 19.9 Å². The molecule has 0 aliphatic carbocycles. The molecule has 8 nitrogen and oxygen atoms in total. The number of anilines is 1. The van der Waals surface area contributed by atoms with E-state index < -0.39 is 5.79 Å². The number of hydrogen-bond donors (Lipinski definition) is 2. The molecule has 4 rings (SSSR count). The fraction of sp³-hybridized carbons (Fsp3) is 0.550. The lowest BCUT2D eigenvalue weighted by Crippen LogP contribution is -2.62. The minimum Gasteiger partial charge on any atom is -0.380 e. The second kappa shape index (κ2) is 7.52. The van der Waals surface area contributed by atoms with Crippen molar-refractivity contribution in [3.05, 3.63) is 30.9 Å². The highest BCUT2D eigenvalue weighted by molar-refractivity contribution is 6.04. The molecule has 2 aliphatic rings. The molecule has 0 amide bonds. The van der Waals surface area contributed by atoms with Crippen LogP contribution in [0.3, 0.4) is 0 Å². The Morgan fingerprint density at radius 3 is 3.00 bits per heavy atom. The maximum atomic E-state index is 5.65. The van der Waals surface area contributed by atoms with Crippen molar-refractivity contribution in [3.8, 4) is 0 Å². The highest BCUT2D eigenvalue weighted by Gasteiger charge is 2.41. The molecule has 2 aromatic heterocycles. The number of aliphatic imine (C=N–C) groups is 1. The van der Waals surface area contributed by atoms with E-state index in [-0.39, 0.29) is 6.10 Å². The van der Waals surface area contributed by atoms with E-state index in [1.807, 2.05) is 12.1 Å². The van der Waals surface area contributed by atoms with Crippen LogP contribution in [0.2, 0.25) is 0 Å². The number of aromatic amines is 1. The smallest absolute Gasteiger partial charge is 0.189 e. The Balaban J connectivity index is 1.62. The molecule has 0 radical (unpaired) electrons. The van der Waals surface area contributed by atoms with Crippen molar-refractivity contribution in [2.24, 2.45) is 4.99 Å². The summed E-state index contributed by atoms with van der Waals surface area (Å²) in [5.74, 6) is 1.05. The molecular weight excluding hydrogens is 354 g/mol. The number of aromatic nitrogens is 3. The fourth-order valence-corrected chi connectivity index (χ4v) is 4.13. The maximum Gasteiger partial charge on any atom is 0.189 e. The van der Waals surface area contributed by atoms with Crippen molar-refractivity contribution < 1.29 is 4.74 Å². The Kier molecular flexibility index (Phi) is 5.07. The Morgan fingerprint density at radius 2 is 2.21 bits per heavy atom. The Bertz CT molecular complexity index is 890. The van der Waals surface area contributed by atoms with Crippen molar-refractivity contribution in [1.29, 1.82) is 0 Å². The zero-order chi connectivity index (χ0) is 19.7. The van der Waals surface area contributed by atoms with Crippen molar-refractivity contribution in [1.82, 2.24) is 24.8 Å². The fourth-order valence-electron chi connectivity index (χ4n) is 4.13. The van der Waals surface area contributed by atoms with Gasteiger partial charge in [0.25, 0.3) is 0 Å². The Labute approximate surface area is 165 Å². The molecule has 0 aromatic carbocycles. The van der Waals surface area contributed by atoms with E-state index in [0.717, 1.165) is 48.6 Å². The monoisotopic (exact) mass is 383 g/mol. The molecule has 1 fully saturated rings. The number of hydrogen-bond acceptors (Lipinski definition) is 7. The van der Waals surface area contributed by atoms with Gasteiger partial charge in [0.05, 0.1) is 29.7 Å². The van der Waals surface area contributed by atoms with E-state index in [1.54, 1.807) is 19.6 Å². The third-order valence-electron chi connectivity index (χ3n) is 5.64. The first-order chi connectivity index (χ1) is 13.5. The summed E-state index contributed by atoms with van der Waals surface area (Å²) in [7, 11) is 1.80.